The Labute approximate surface area is 38.2 Å². The molecular formula is C4H8N2. The Morgan fingerprint density at radius 1 is 1.67 bits per heavy atom. The van der Waals surface area contributed by atoms with Gasteiger partial charge in [0.05, 0.1) is 0 Å². The summed E-state index contributed by atoms with van der Waals surface area (Å²) in [5, 5.41) is 0. The zero-order valence-corrected chi connectivity index (χ0v) is 4.10. The summed E-state index contributed by atoms with van der Waals surface area (Å²) in [5.74, 6) is 0. The number of rotatable bonds is 1. The lowest BCUT2D eigenvalue weighted by molar-refractivity contribution is 0.455. The van der Waals surface area contributed by atoms with Gasteiger partial charge in [-0.05, 0) is 14.1 Å². The average Bonchev–Trinajstić information content (AvgIpc) is 1.35. The summed E-state index contributed by atoms with van der Waals surface area (Å²) in [6, 6.07) is 0. The molecule has 0 aliphatic heterocycles. The van der Waals surface area contributed by atoms with Crippen molar-refractivity contribution in [2.24, 2.45) is 0 Å². The van der Waals surface area contributed by atoms with Crippen LogP contribution in [0, 0.1) is 6.57 Å². The standard InChI is InChI=1S/C4H8N2/c1-5-4-6(2)3/h4H2,2-3H3. The highest BCUT2D eigenvalue weighted by Gasteiger charge is 1.82. The second-order valence-electron chi connectivity index (χ2n) is 1.38. The smallest absolute Gasteiger partial charge is 0.270 e. The molecule has 2 nitrogen and oxygen atoms in total. The molecule has 0 aromatic rings. The summed E-state index contributed by atoms with van der Waals surface area (Å²) in [5.41, 5.74) is 0. The summed E-state index contributed by atoms with van der Waals surface area (Å²) in [7, 11) is 3.75. The van der Waals surface area contributed by atoms with Crippen LogP contribution in [0.25, 0.3) is 4.85 Å². The van der Waals surface area contributed by atoms with Crippen molar-refractivity contribution >= 4 is 0 Å². The quantitative estimate of drug-likeness (QED) is 0.418. The van der Waals surface area contributed by atoms with E-state index in [1.807, 2.05) is 19.0 Å². The van der Waals surface area contributed by atoms with Gasteiger partial charge in [-0.15, -0.1) is 0 Å². The first kappa shape index (κ1) is 5.45. The third kappa shape index (κ3) is 3.45. The van der Waals surface area contributed by atoms with Crippen LogP contribution in [-0.4, -0.2) is 25.7 Å². The van der Waals surface area contributed by atoms with Gasteiger partial charge in [0.25, 0.3) is 6.67 Å². The Kier molecular flexibility index (Phi) is 2.43. The van der Waals surface area contributed by atoms with E-state index in [0.29, 0.717) is 6.67 Å². The van der Waals surface area contributed by atoms with Gasteiger partial charge in [0, 0.05) is 0 Å². The van der Waals surface area contributed by atoms with Crippen LogP contribution in [0.15, 0.2) is 0 Å². The lowest BCUT2D eigenvalue weighted by Gasteiger charge is -1.94. The highest BCUT2D eigenvalue weighted by molar-refractivity contribution is 4.52. The van der Waals surface area contributed by atoms with Crippen LogP contribution in [0.3, 0.4) is 0 Å². The van der Waals surface area contributed by atoms with Gasteiger partial charge in [-0.1, -0.05) is 0 Å². The van der Waals surface area contributed by atoms with Crippen molar-refractivity contribution in [3.8, 4) is 0 Å². The lowest BCUT2D eigenvalue weighted by Crippen LogP contribution is -2.08. The minimum Gasteiger partial charge on any atom is -0.299 e. The largest absolute Gasteiger partial charge is 0.299 e. The van der Waals surface area contributed by atoms with Crippen molar-refractivity contribution in [3.05, 3.63) is 11.4 Å². The molecule has 0 saturated heterocycles. The summed E-state index contributed by atoms with van der Waals surface area (Å²) in [6.45, 7) is 6.82. The van der Waals surface area contributed by atoms with E-state index in [9.17, 15) is 0 Å². The maximum absolute atomic E-state index is 6.32. The first-order valence-corrected chi connectivity index (χ1v) is 1.75. The molecule has 0 spiro atoms. The molecule has 0 fully saturated rings. The molecular weight excluding hydrogens is 76.1 g/mol. The average molecular weight is 84.1 g/mol. The monoisotopic (exact) mass is 84.1 g/mol. The number of nitrogens with zero attached hydrogens (tertiary/aromatic N) is 2. The molecule has 0 bridgehead atoms. The molecule has 0 saturated carbocycles. The van der Waals surface area contributed by atoms with Crippen LogP contribution in [0.4, 0.5) is 0 Å². The Balaban J connectivity index is 2.88. The highest BCUT2D eigenvalue weighted by Crippen LogP contribution is 1.69. The molecule has 0 aliphatic rings. The third-order valence-corrected chi connectivity index (χ3v) is 0.354. The van der Waals surface area contributed by atoms with Gasteiger partial charge in [0.15, 0.2) is 0 Å². The van der Waals surface area contributed by atoms with Crippen LogP contribution in [0.1, 0.15) is 0 Å². The highest BCUT2D eigenvalue weighted by atomic mass is 15.1. The Hall–Kier alpha value is -0.550. The van der Waals surface area contributed by atoms with Crippen molar-refractivity contribution in [2.75, 3.05) is 20.8 Å². The molecule has 6 heavy (non-hydrogen) atoms. The Morgan fingerprint density at radius 3 is 2.17 bits per heavy atom. The second kappa shape index (κ2) is 2.67. The molecule has 0 aromatic carbocycles. The van der Waals surface area contributed by atoms with Crippen molar-refractivity contribution in [1.29, 1.82) is 0 Å². The van der Waals surface area contributed by atoms with Crippen LogP contribution >= 0.6 is 0 Å². The van der Waals surface area contributed by atoms with Crippen molar-refractivity contribution in [2.45, 2.75) is 0 Å². The zero-order valence-electron chi connectivity index (χ0n) is 4.10. The molecule has 0 rings (SSSR count). The van der Waals surface area contributed by atoms with Gasteiger partial charge in [-0.2, -0.15) is 0 Å². The fourth-order valence-corrected chi connectivity index (χ4v) is 0.141. The predicted molar refractivity (Wildman–Crippen MR) is 25.2 cm³/mol. The van der Waals surface area contributed by atoms with Crippen LogP contribution < -0.4 is 0 Å². The molecule has 0 heterocycles. The van der Waals surface area contributed by atoms with Crippen molar-refractivity contribution in [1.82, 2.24) is 4.90 Å². The maximum Gasteiger partial charge on any atom is 0.270 e. The molecule has 0 aromatic heterocycles. The Morgan fingerprint density at radius 2 is 2.17 bits per heavy atom. The van der Waals surface area contributed by atoms with Crippen molar-refractivity contribution < 1.29 is 0 Å². The second-order valence-corrected chi connectivity index (χ2v) is 1.38. The molecule has 2 heteroatoms. The molecule has 34 valence electrons. The van der Waals surface area contributed by atoms with Crippen LogP contribution in [0.2, 0.25) is 0 Å². The van der Waals surface area contributed by atoms with Crippen LogP contribution in [-0.2, 0) is 0 Å². The van der Waals surface area contributed by atoms with Crippen molar-refractivity contribution in [3.63, 3.8) is 0 Å². The van der Waals surface area contributed by atoms with E-state index >= 15 is 0 Å². The van der Waals surface area contributed by atoms with E-state index < -0.39 is 0 Å². The maximum atomic E-state index is 6.32. The summed E-state index contributed by atoms with van der Waals surface area (Å²) >= 11 is 0. The van der Waals surface area contributed by atoms with E-state index in [0.717, 1.165) is 0 Å². The van der Waals surface area contributed by atoms with Crippen LogP contribution in [0.5, 0.6) is 0 Å². The zero-order chi connectivity index (χ0) is 4.99. The van der Waals surface area contributed by atoms with Gasteiger partial charge in [-0.25, -0.2) is 11.5 Å². The minimum absolute atomic E-state index is 0.500. The van der Waals surface area contributed by atoms with Gasteiger partial charge in [-0.3, -0.25) is 4.85 Å². The minimum atomic E-state index is 0.500. The normalized spacial score (nSPS) is 8.33. The molecule has 0 unspecified atom stereocenters. The molecule has 0 radical (unpaired) electrons. The third-order valence-electron chi connectivity index (χ3n) is 0.354. The summed E-state index contributed by atoms with van der Waals surface area (Å²) < 4.78 is 0. The van der Waals surface area contributed by atoms with Gasteiger partial charge in [0.1, 0.15) is 0 Å². The molecule has 0 amide bonds. The van der Waals surface area contributed by atoms with Gasteiger partial charge >= 0.3 is 0 Å². The van der Waals surface area contributed by atoms with Gasteiger partial charge < -0.3 is 0 Å². The first-order chi connectivity index (χ1) is 2.77. The van der Waals surface area contributed by atoms with E-state index in [1.54, 1.807) is 0 Å². The topological polar surface area (TPSA) is 7.60 Å². The predicted octanol–water partition coefficient (Wildman–Crippen LogP) is 0.425. The SMILES string of the molecule is [C-]#[N+]CN(C)C. The summed E-state index contributed by atoms with van der Waals surface area (Å²) in [6.07, 6.45) is 0. The fraction of sp³-hybridized carbons (Fsp3) is 0.750. The van der Waals surface area contributed by atoms with E-state index in [2.05, 4.69) is 4.85 Å². The molecule has 0 atom stereocenters. The fourth-order valence-electron chi connectivity index (χ4n) is 0.141. The van der Waals surface area contributed by atoms with E-state index in [-0.39, 0.29) is 0 Å². The van der Waals surface area contributed by atoms with E-state index in [1.165, 1.54) is 0 Å². The molecule has 0 aliphatic carbocycles. The van der Waals surface area contributed by atoms with Gasteiger partial charge in [0.2, 0.25) is 0 Å². The Bertz CT molecular complexity index is 60.4. The summed E-state index contributed by atoms with van der Waals surface area (Å²) in [4.78, 5) is 4.94. The first-order valence-electron chi connectivity index (χ1n) is 1.75. The lowest BCUT2D eigenvalue weighted by atomic mass is 10.9. The number of hydrogen-bond acceptors (Lipinski definition) is 1. The van der Waals surface area contributed by atoms with E-state index in [4.69, 9.17) is 6.57 Å². The number of hydrogen-bond donors (Lipinski definition) is 0. The molecule has 0 N–H and O–H groups in total.